The molecule has 2 aromatic rings. The van der Waals surface area contributed by atoms with Gasteiger partial charge in [0, 0.05) is 25.3 Å². The number of carbonyl (C=O) groups is 1. The van der Waals surface area contributed by atoms with Crippen LogP contribution in [-0.4, -0.2) is 24.8 Å². The van der Waals surface area contributed by atoms with Crippen LogP contribution in [0.1, 0.15) is 10.4 Å². The van der Waals surface area contributed by atoms with Crippen LogP contribution in [-0.2, 0) is 0 Å². The zero-order chi connectivity index (χ0) is 17.0. The number of ketones is 1. The van der Waals surface area contributed by atoms with Gasteiger partial charge in [-0.1, -0.05) is 17.7 Å². The van der Waals surface area contributed by atoms with E-state index in [9.17, 15) is 13.6 Å². The van der Waals surface area contributed by atoms with Gasteiger partial charge in [-0.05, 0) is 36.4 Å². The molecule has 0 fully saturated rings. The minimum absolute atomic E-state index is 0.137. The Balaban J connectivity index is 2.37. The molecule has 0 aliphatic carbocycles. The summed E-state index contributed by atoms with van der Waals surface area (Å²) < 4.78 is 32.7. The molecule has 0 saturated heterocycles. The highest BCUT2D eigenvalue weighted by atomic mass is 35.5. The van der Waals surface area contributed by atoms with E-state index in [0.717, 1.165) is 6.07 Å². The van der Waals surface area contributed by atoms with E-state index in [1.54, 1.807) is 43.3 Å². The summed E-state index contributed by atoms with van der Waals surface area (Å²) in [6, 6.07) is 9.75. The van der Waals surface area contributed by atoms with Crippen LogP contribution in [0.15, 0.2) is 54.4 Å². The van der Waals surface area contributed by atoms with Gasteiger partial charge in [0.2, 0.25) is 5.78 Å². The van der Waals surface area contributed by atoms with Gasteiger partial charge < -0.3 is 9.64 Å². The molecule has 6 heteroatoms. The molecule has 0 amide bonds. The van der Waals surface area contributed by atoms with E-state index in [2.05, 4.69) is 0 Å². The highest BCUT2D eigenvalue weighted by Gasteiger charge is 2.21. The number of rotatable bonds is 5. The monoisotopic (exact) mass is 337 g/mol. The van der Waals surface area contributed by atoms with E-state index in [1.165, 1.54) is 18.3 Å². The molecule has 0 aromatic heterocycles. The molecule has 0 aliphatic heterocycles. The standard InChI is InChI=1S/C17H14ClF2NO2/c1-21(2)10-15(23-12-8-6-11(18)7-9-12)17(22)13-4-3-5-14(19)16(13)20/h3-10H,1-2H3/b15-10+. The summed E-state index contributed by atoms with van der Waals surface area (Å²) in [4.78, 5) is 14.0. The van der Waals surface area contributed by atoms with Crippen LogP contribution in [0.3, 0.4) is 0 Å². The molecular formula is C17H14ClF2NO2. The van der Waals surface area contributed by atoms with Crippen molar-refractivity contribution in [1.82, 2.24) is 4.90 Å². The zero-order valence-electron chi connectivity index (χ0n) is 12.5. The van der Waals surface area contributed by atoms with E-state index in [-0.39, 0.29) is 5.76 Å². The summed E-state index contributed by atoms with van der Waals surface area (Å²) in [6.45, 7) is 0. The van der Waals surface area contributed by atoms with E-state index in [0.29, 0.717) is 10.8 Å². The normalized spacial score (nSPS) is 11.3. The summed E-state index contributed by atoms with van der Waals surface area (Å²) in [7, 11) is 3.36. The van der Waals surface area contributed by atoms with Crippen molar-refractivity contribution in [2.75, 3.05) is 14.1 Å². The second-order valence-corrected chi connectivity index (χ2v) is 5.38. The van der Waals surface area contributed by atoms with Crippen LogP contribution in [0.2, 0.25) is 5.02 Å². The average molecular weight is 338 g/mol. The Morgan fingerprint density at radius 1 is 1.13 bits per heavy atom. The largest absolute Gasteiger partial charge is 0.452 e. The molecule has 0 atom stereocenters. The summed E-state index contributed by atoms with van der Waals surface area (Å²) in [5, 5.41) is 0.512. The quantitative estimate of drug-likeness (QED) is 0.463. The smallest absolute Gasteiger partial charge is 0.232 e. The van der Waals surface area contributed by atoms with E-state index >= 15 is 0 Å². The third-order valence-corrected chi connectivity index (χ3v) is 3.09. The lowest BCUT2D eigenvalue weighted by molar-refractivity contribution is 0.0977. The molecule has 2 rings (SSSR count). The van der Waals surface area contributed by atoms with E-state index in [4.69, 9.17) is 16.3 Å². The van der Waals surface area contributed by atoms with Gasteiger partial charge in [0.05, 0.1) is 5.56 Å². The van der Waals surface area contributed by atoms with Crippen LogP contribution in [0.4, 0.5) is 8.78 Å². The number of benzene rings is 2. The number of hydrogen-bond donors (Lipinski definition) is 0. The second kappa shape index (κ2) is 7.24. The molecule has 0 radical (unpaired) electrons. The van der Waals surface area contributed by atoms with Crippen LogP contribution in [0.25, 0.3) is 0 Å². The molecule has 0 spiro atoms. The van der Waals surface area contributed by atoms with Crippen molar-refractivity contribution in [3.8, 4) is 5.75 Å². The van der Waals surface area contributed by atoms with Crippen LogP contribution in [0.5, 0.6) is 5.75 Å². The number of Topliss-reactive ketones (excluding diaryl/α,β-unsaturated/α-hetero) is 1. The topological polar surface area (TPSA) is 29.5 Å². The van der Waals surface area contributed by atoms with Gasteiger partial charge in [0.25, 0.3) is 0 Å². The first-order chi connectivity index (χ1) is 10.9. The lowest BCUT2D eigenvalue weighted by atomic mass is 10.1. The average Bonchev–Trinajstić information content (AvgIpc) is 2.50. The molecule has 0 unspecified atom stereocenters. The van der Waals surface area contributed by atoms with Crippen molar-refractivity contribution in [3.63, 3.8) is 0 Å². The fraction of sp³-hybridized carbons (Fsp3) is 0.118. The minimum atomic E-state index is -1.21. The maximum Gasteiger partial charge on any atom is 0.232 e. The van der Waals surface area contributed by atoms with Gasteiger partial charge in [0.15, 0.2) is 17.4 Å². The number of ether oxygens (including phenoxy) is 1. The number of allylic oxidation sites excluding steroid dienone is 1. The lowest BCUT2D eigenvalue weighted by Gasteiger charge is -2.13. The molecule has 23 heavy (non-hydrogen) atoms. The predicted octanol–water partition coefficient (Wildman–Crippen LogP) is 4.28. The SMILES string of the molecule is CN(C)/C=C(/Oc1ccc(Cl)cc1)C(=O)c1cccc(F)c1F. The Hall–Kier alpha value is -2.40. The van der Waals surface area contributed by atoms with Gasteiger partial charge in [0.1, 0.15) is 5.75 Å². The summed E-state index contributed by atoms with van der Waals surface area (Å²) >= 11 is 5.79. The maximum absolute atomic E-state index is 13.8. The highest BCUT2D eigenvalue weighted by molar-refractivity contribution is 6.30. The van der Waals surface area contributed by atoms with Crippen LogP contribution >= 0.6 is 11.6 Å². The summed E-state index contributed by atoms with van der Waals surface area (Å²) in [5.41, 5.74) is -0.396. The van der Waals surface area contributed by atoms with E-state index in [1.807, 2.05) is 0 Å². The first-order valence-corrected chi connectivity index (χ1v) is 7.06. The molecule has 0 N–H and O–H groups in total. The fourth-order valence-corrected chi connectivity index (χ4v) is 1.93. The Bertz CT molecular complexity index is 743. The number of nitrogens with zero attached hydrogens (tertiary/aromatic N) is 1. The molecule has 0 heterocycles. The molecule has 0 aliphatic rings. The van der Waals surface area contributed by atoms with Crippen molar-refractivity contribution >= 4 is 17.4 Å². The summed E-state index contributed by atoms with van der Waals surface area (Å²) in [5.74, 6) is -2.84. The zero-order valence-corrected chi connectivity index (χ0v) is 13.3. The van der Waals surface area contributed by atoms with Crippen LogP contribution < -0.4 is 4.74 Å². The predicted molar refractivity (Wildman–Crippen MR) is 84.5 cm³/mol. The molecule has 0 saturated carbocycles. The Morgan fingerprint density at radius 3 is 2.39 bits per heavy atom. The van der Waals surface area contributed by atoms with Gasteiger partial charge in [-0.15, -0.1) is 0 Å². The first-order valence-electron chi connectivity index (χ1n) is 6.69. The second-order valence-electron chi connectivity index (χ2n) is 4.94. The van der Waals surface area contributed by atoms with Gasteiger partial charge >= 0.3 is 0 Å². The van der Waals surface area contributed by atoms with Crippen molar-refractivity contribution < 1.29 is 18.3 Å². The highest BCUT2D eigenvalue weighted by Crippen LogP contribution is 2.21. The van der Waals surface area contributed by atoms with Crippen molar-refractivity contribution in [1.29, 1.82) is 0 Å². The fourth-order valence-electron chi connectivity index (χ4n) is 1.81. The minimum Gasteiger partial charge on any atom is -0.452 e. The van der Waals surface area contributed by atoms with E-state index < -0.39 is 23.0 Å². The number of hydrogen-bond acceptors (Lipinski definition) is 3. The van der Waals surface area contributed by atoms with Crippen molar-refractivity contribution in [3.05, 3.63) is 76.6 Å². The molecule has 2 aromatic carbocycles. The Kier molecular flexibility index (Phi) is 5.34. The lowest BCUT2D eigenvalue weighted by Crippen LogP contribution is -2.16. The molecule has 120 valence electrons. The van der Waals surface area contributed by atoms with Crippen molar-refractivity contribution in [2.45, 2.75) is 0 Å². The first kappa shape index (κ1) is 17.0. The summed E-state index contributed by atoms with van der Waals surface area (Å²) in [6.07, 6.45) is 1.39. The number of carbonyl (C=O) groups excluding carboxylic acids is 1. The van der Waals surface area contributed by atoms with Crippen LogP contribution in [0, 0.1) is 11.6 Å². The van der Waals surface area contributed by atoms with Gasteiger partial charge in [-0.25, -0.2) is 8.78 Å². The van der Waals surface area contributed by atoms with Gasteiger partial charge in [-0.3, -0.25) is 4.79 Å². The van der Waals surface area contributed by atoms with Gasteiger partial charge in [-0.2, -0.15) is 0 Å². The Morgan fingerprint density at radius 2 is 1.78 bits per heavy atom. The third kappa shape index (κ3) is 4.29. The molecule has 3 nitrogen and oxygen atoms in total. The maximum atomic E-state index is 13.8. The molecular weight excluding hydrogens is 324 g/mol. The van der Waals surface area contributed by atoms with Crippen molar-refractivity contribution in [2.24, 2.45) is 0 Å². The number of halogens is 3. The Labute approximate surface area is 137 Å². The molecule has 0 bridgehead atoms. The third-order valence-electron chi connectivity index (χ3n) is 2.84.